The number of likely N-dealkylation sites (tertiary alicyclic amines) is 1. The van der Waals surface area contributed by atoms with E-state index in [1.807, 2.05) is 44.2 Å². The van der Waals surface area contributed by atoms with Crippen molar-refractivity contribution in [3.63, 3.8) is 0 Å². The van der Waals surface area contributed by atoms with E-state index in [2.05, 4.69) is 10.6 Å². The van der Waals surface area contributed by atoms with Crippen LogP contribution in [0.1, 0.15) is 77.2 Å². The summed E-state index contributed by atoms with van der Waals surface area (Å²) in [5.41, 5.74) is -0.837. The first kappa shape index (κ1) is 26.2. The summed E-state index contributed by atoms with van der Waals surface area (Å²) in [4.78, 5) is 43.4. The number of benzene rings is 1. The number of aliphatic hydroxyl groups is 1. The Balaban J connectivity index is 1.47. The molecule has 5 rings (SSSR count). The minimum Gasteiger partial charge on any atom is -0.394 e. The van der Waals surface area contributed by atoms with Gasteiger partial charge in [0, 0.05) is 12.6 Å². The van der Waals surface area contributed by atoms with Gasteiger partial charge in [-0.1, -0.05) is 63.4 Å². The molecule has 1 saturated carbocycles. The Labute approximate surface area is 219 Å². The van der Waals surface area contributed by atoms with Gasteiger partial charge in [0.25, 0.3) is 0 Å². The second-order valence-corrected chi connectivity index (χ2v) is 11.4. The Morgan fingerprint density at radius 2 is 1.84 bits per heavy atom. The Hall–Kier alpha value is -2.45. The lowest BCUT2D eigenvalue weighted by Crippen LogP contribution is -2.59. The number of nitrogens with zero attached hydrogens (tertiary/aromatic N) is 1. The molecule has 8 nitrogen and oxygen atoms in total. The molecule has 3 N–H and O–H groups in total. The first-order chi connectivity index (χ1) is 17.9. The van der Waals surface area contributed by atoms with Crippen LogP contribution in [0.2, 0.25) is 0 Å². The number of carbonyl (C=O) groups excluding carboxylic acids is 3. The quantitative estimate of drug-likeness (QED) is 0.473. The molecule has 6 atom stereocenters. The molecule has 3 aliphatic heterocycles. The lowest BCUT2D eigenvalue weighted by molar-refractivity contribution is -0.151. The number of nitrogens with one attached hydrogen (secondary N) is 2. The van der Waals surface area contributed by atoms with Gasteiger partial charge in [0.15, 0.2) is 0 Å². The van der Waals surface area contributed by atoms with E-state index >= 15 is 0 Å². The Bertz CT molecular complexity index is 1010. The maximum Gasteiger partial charge on any atom is 0.246 e. The highest BCUT2D eigenvalue weighted by Gasteiger charge is 2.79. The summed E-state index contributed by atoms with van der Waals surface area (Å²) in [6.45, 7) is 4.04. The van der Waals surface area contributed by atoms with Crippen LogP contribution in [-0.2, 0) is 25.7 Å². The molecule has 37 heavy (non-hydrogen) atoms. The summed E-state index contributed by atoms with van der Waals surface area (Å²) in [5, 5.41) is 16.5. The third-order valence-electron chi connectivity index (χ3n) is 9.49. The van der Waals surface area contributed by atoms with E-state index in [1.165, 1.54) is 6.42 Å². The van der Waals surface area contributed by atoms with Gasteiger partial charge in [0.1, 0.15) is 11.6 Å². The second-order valence-electron chi connectivity index (χ2n) is 11.4. The highest BCUT2D eigenvalue weighted by Crippen LogP contribution is 2.64. The summed E-state index contributed by atoms with van der Waals surface area (Å²) in [6.07, 6.45) is 7.51. The smallest absolute Gasteiger partial charge is 0.246 e. The molecule has 1 aromatic carbocycles. The van der Waals surface area contributed by atoms with Crippen molar-refractivity contribution in [3.05, 3.63) is 35.9 Å². The number of hydrogen-bond donors (Lipinski definition) is 3. The molecule has 0 radical (unpaired) electrons. The van der Waals surface area contributed by atoms with E-state index in [4.69, 9.17) is 4.74 Å². The third-order valence-corrected chi connectivity index (χ3v) is 9.49. The maximum atomic E-state index is 14.2. The van der Waals surface area contributed by atoms with Gasteiger partial charge < -0.3 is 25.4 Å². The van der Waals surface area contributed by atoms with Gasteiger partial charge in [-0.15, -0.1) is 0 Å². The Morgan fingerprint density at radius 1 is 1.11 bits per heavy atom. The van der Waals surface area contributed by atoms with Crippen molar-refractivity contribution in [2.45, 2.75) is 108 Å². The first-order valence-corrected chi connectivity index (χ1v) is 14.2. The summed E-state index contributed by atoms with van der Waals surface area (Å²) >= 11 is 0. The fraction of sp³-hybridized carbons (Fsp3) is 0.690. The molecule has 8 heteroatoms. The molecule has 4 aliphatic rings. The van der Waals surface area contributed by atoms with Gasteiger partial charge in [-0.2, -0.15) is 0 Å². The zero-order valence-corrected chi connectivity index (χ0v) is 22.1. The summed E-state index contributed by atoms with van der Waals surface area (Å²) in [7, 11) is 0. The van der Waals surface area contributed by atoms with Crippen molar-refractivity contribution in [1.29, 1.82) is 0 Å². The van der Waals surface area contributed by atoms with Gasteiger partial charge in [0.2, 0.25) is 17.7 Å². The van der Waals surface area contributed by atoms with Crippen LogP contribution in [0.15, 0.2) is 30.3 Å². The summed E-state index contributed by atoms with van der Waals surface area (Å²) in [6, 6.07) is 8.45. The van der Waals surface area contributed by atoms with Crippen LogP contribution in [0.4, 0.5) is 0 Å². The predicted octanol–water partition coefficient (Wildman–Crippen LogP) is 2.68. The molecule has 202 valence electrons. The molecule has 1 spiro atoms. The number of fused-ring (bicyclic) bond motifs is 1. The zero-order valence-electron chi connectivity index (χ0n) is 22.1. The minimum atomic E-state index is -1.05. The molecule has 3 heterocycles. The fourth-order valence-electron chi connectivity index (χ4n) is 7.58. The fourth-order valence-corrected chi connectivity index (χ4v) is 7.58. The van der Waals surface area contributed by atoms with Crippen LogP contribution in [0, 0.1) is 11.8 Å². The molecule has 2 bridgehead atoms. The number of rotatable bonds is 9. The van der Waals surface area contributed by atoms with Gasteiger partial charge >= 0.3 is 0 Å². The average molecular weight is 512 g/mol. The van der Waals surface area contributed by atoms with Gasteiger partial charge in [0.05, 0.1) is 30.1 Å². The first-order valence-electron chi connectivity index (χ1n) is 14.2. The van der Waals surface area contributed by atoms with Crippen LogP contribution in [-0.4, -0.2) is 63.7 Å². The van der Waals surface area contributed by atoms with Crippen LogP contribution >= 0.6 is 0 Å². The molecule has 4 fully saturated rings. The van der Waals surface area contributed by atoms with E-state index in [0.29, 0.717) is 32.2 Å². The number of hydrogen-bond acceptors (Lipinski definition) is 5. The molecular weight excluding hydrogens is 470 g/mol. The van der Waals surface area contributed by atoms with Gasteiger partial charge in [-0.3, -0.25) is 14.4 Å². The van der Waals surface area contributed by atoms with Crippen molar-refractivity contribution in [3.8, 4) is 0 Å². The topological polar surface area (TPSA) is 108 Å². The molecule has 0 aromatic heterocycles. The Kier molecular flexibility index (Phi) is 7.33. The Morgan fingerprint density at radius 3 is 2.49 bits per heavy atom. The standard InChI is InChI=1S/C29H41N3O5/c1-3-21(18-33)32-24(26(35)31-20-13-9-6-10-14-20)29-16-15-28(4-2,37-29)22(23(29)27(32)36)25(34)30-17-19-11-7-5-8-12-19/h5,7-8,11-12,20-24,33H,3-4,6,9-10,13-18H2,1-2H3,(H,30,34)(H,31,35)/t21-,22+,23-,24?,28-,29?/m0/s1. The van der Waals surface area contributed by atoms with Crippen LogP contribution in [0.25, 0.3) is 0 Å². The number of carbonyl (C=O) groups is 3. The van der Waals surface area contributed by atoms with Crippen LogP contribution in [0.5, 0.6) is 0 Å². The monoisotopic (exact) mass is 511 g/mol. The van der Waals surface area contributed by atoms with Crippen molar-refractivity contribution >= 4 is 17.7 Å². The van der Waals surface area contributed by atoms with Crippen molar-refractivity contribution in [2.75, 3.05) is 6.61 Å². The molecule has 2 unspecified atom stereocenters. The molecular formula is C29H41N3O5. The molecule has 1 aromatic rings. The zero-order chi connectivity index (χ0) is 26.2. The van der Waals surface area contributed by atoms with Gasteiger partial charge in [-0.05, 0) is 44.1 Å². The highest BCUT2D eigenvalue weighted by molar-refractivity contribution is 5.99. The van der Waals surface area contributed by atoms with E-state index in [0.717, 1.165) is 31.2 Å². The van der Waals surface area contributed by atoms with E-state index in [-0.39, 0.29) is 30.4 Å². The van der Waals surface area contributed by atoms with E-state index in [9.17, 15) is 19.5 Å². The third kappa shape index (κ3) is 4.26. The average Bonchev–Trinajstić information content (AvgIpc) is 3.53. The lowest BCUT2D eigenvalue weighted by Gasteiger charge is -2.38. The van der Waals surface area contributed by atoms with E-state index in [1.54, 1.807) is 4.90 Å². The summed E-state index contributed by atoms with van der Waals surface area (Å²) < 4.78 is 6.80. The molecule has 3 amide bonds. The number of amides is 3. The van der Waals surface area contributed by atoms with E-state index < -0.39 is 35.1 Å². The van der Waals surface area contributed by atoms with Crippen LogP contribution in [0.3, 0.4) is 0 Å². The van der Waals surface area contributed by atoms with Crippen molar-refractivity contribution < 1.29 is 24.2 Å². The molecule has 1 aliphatic carbocycles. The number of ether oxygens (including phenoxy) is 1. The summed E-state index contributed by atoms with van der Waals surface area (Å²) in [5.74, 6) is -2.05. The SMILES string of the molecule is CC[C@@H](CO)N1C(=O)[C@@H]2[C@H](C(=O)NCc3ccccc3)[C@]3(CC)CCC2(O3)C1C(=O)NC1CCCCC1. The number of aliphatic hydroxyl groups excluding tert-OH is 1. The maximum absolute atomic E-state index is 14.2. The van der Waals surface area contributed by atoms with Gasteiger partial charge in [-0.25, -0.2) is 0 Å². The predicted molar refractivity (Wildman–Crippen MR) is 138 cm³/mol. The highest BCUT2D eigenvalue weighted by atomic mass is 16.5. The molecule has 3 saturated heterocycles. The normalized spacial score (nSPS) is 33.9. The minimum absolute atomic E-state index is 0.0894. The van der Waals surface area contributed by atoms with Crippen LogP contribution < -0.4 is 10.6 Å². The second kappa shape index (κ2) is 10.4. The lowest BCUT2D eigenvalue weighted by atomic mass is 9.65. The van der Waals surface area contributed by atoms with Crippen molar-refractivity contribution in [2.24, 2.45) is 11.8 Å². The largest absolute Gasteiger partial charge is 0.394 e. The van der Waals surface area contributed by atoms with Crippen molar-refractivity contribution in [1.82, 2.24) is 15.5 Å².